The fourth-order valence-electron chi connectivity index (χ4n) is 2.14. The summed E-state index contributed by atoms with van der Waals surface area (Å²) in [6.07, 6.45) is 0. The molecule has 2 nitrogen and oxygen atoms in total. The van der Waals surface area contributed by atoms with Crippen LogP contribution in [0.5, 0.6) is 0 Å². The average Bonchev–Trinajstić information content (AvgIpc) is 2.54. The van der Waals surface area contributed by atoms with Gasteiger partial charge in [-0.3, -0.25) is 4.90 Å². The molecule has 0 amide bonds. The van der Waals surface area contributed by atoms with Gasteiger partial charge in [-0.15, -0.1) is 0 Å². The average molecular weight is 226 g/mol. The highest BCUT2D eigenvalue weighted by atomic mass is 19.2. The van der Waals surface area contributed by atoms with Crippen LogP contribution in [0, 0.1) is 17.6 Å². The van der Waals surface area contributed by atoms with Gasteiger partial charge in [-0.2, -0.15) is 0 Å². The Labute approximate surface area is 94.0 Å². The van der Waals surface area contributed by atoms with Gasteiger partial charge >= 0.3 is 0 Å². The van der Waals surface area contributed by atoms with Crippen molar-refractivity contribution < 1.29 is 8.78 Å². The zero-order valence-corrected chi connectivity index (χ0v) is 9.29. The molecule has 4 heteroatoms. The zero-order chi connectivity index (χ0) is 11.7. The Morgan fingerprint density at radius 2 is 2.12 bits per heavy atom. The first-order valence-electron chi connectivity index (χ1n) is 5.48. The van der Waals surface area contributed by atoms with Gasteiger partial charge in [-0.05, 0) is 12.0 Å². The van der Waals surface area contributed by atoms with E-state index in [1.807, 2.05) is 0 Å². The van der Waals surface area contributed by atoms with E-state index in [0.717, 1.165) is 19.2 Å². The van der Waals surface area contributed by atoms with E-state index in [9.17, 15) is 8.78 Å². The van der Waals surface area contributed by atoms with Crippen molar-refractivity contribution in [2.75, 3.05) is 13.1 Å². The zero-order valence-electron chi connectivity index (χ0n) is 9.29. The second kappa shape index (κ2) is 4.47. The normalized spacial score (nSPS) is 26.2. The van der Waals surface area contributed by atoms with E-state index < -0.39 is 11.6 Å². The van der Waals surface area contributed by atoms with E-state index in [-0.39, 0.29) is 6.04 Å². The molecule has 1 aliphatic heterocycles. The highest BCUT2D eigenvalue weighted by Crippen LogP contribution is 2.19. The van der Waals surface area contributed by atoms with Crippen molar-refractivity contribution in [1.29, 1.82) is 0 Å². The number of hydrogen-bond donors (Lipinski definition) is 1. The Morgan fingerprint density at radius 3 is 2.75 bits per heavy atom. The van der Waals surface area contributed by atoms with E-state index in [4.69, 9.17) is 5.73 Å². The summed E-state index contributed by atoms with van der Waals surface area (Å²) in [5.41, 5.74) is 6.28. The summed E-state index contributed by atoms with van der Waals surface area (Å²) in [5.74, 6) is -1.11. The van der Waals surface area contributed by atoms with Gasteiger partial charge in [0.15, 0.2) is 11.6 Å². The maximum Gasteiger partial charge on any atom is 0.163 e. The number of rotatable bonds is 2. The molecule has 1 saturated heterocycles. The molecule has 0 bridgehead atoms. The number of hydrogen-bond acceptors (Lipinski definition) is 2. The summed E-state index contributed by atoms with van der Waals surface area (Å²) in [6.45, 7) is 4.10. The highest BCUT2D eigenvalue weighted by Gasteiger charge is 2.27. The van der Waals surface area contributed by atoms with Crippen molar-refractivity contribution in [3.05, 3.63) is 35.4 Å². The van der Waals surface area contributed by atoms with Crippen LogP contribution >= 0.6 is 0 Å². The minimum Gasteiger partial charge on any atom is -0.326 e. The largest absolute Gasteiger partial charge is 0.326 e. The monoisotopic (exact) mass is 226 g/mol. The number of halogens is 2. The Kier molecular flexibility index (Phi) is 3.21. The SMILES string of the molecule is CC1CN(Cc2cccc(F)c2F)CC1N. The number of likely N-dealkylation sites (tertiary alicyclic amines) is 1. The van der Waals surface area contributed by atoms with Crippen molar-refractivity contribution in [3.63, 3.8) is 0 Å². The first-order valence-corrected chi connectivity index (χ1v) is 5.48. The smallest absolute Gasteiger partial charge is 0.163 e. The third kappa shape index (κ3) is 2.23. The highest BCUT2D eigenvalue weighted by molar-refractivity contribution is 5.19. The summed E-state index contributed by atoms with van der Waals surface area (Å²) in [4.78, 5) is 2.06. The van der Waals surface area contributed by atoms with Crippen LogP contribution < -0.4 is 5.73 Å². The van der Waals surface area contributed by atoms with Crippen molar-refractivity contribution in [3.8, 4) is 0 Å². The molecule has 0 radical (unpaired) electrons. The van der Waals surface area contributed by atoms with Crippen LogP contribution in [0.25, 0.3) is 0 Å². The lowest BCUT2D eigenvalue weighted by atomic mass is 10.1. The van der Waals surface area contributed by atoms with Gasteiger partial charge < -0.3 is 5.73 Å². The molecule has 88 valence electrons. The topological polar surface area (TPSA) is 29.3 Å². The van der Waals surface area contributed by atoms with Gasteiger partial charge in [0.1, 0.15) is 0 Å². The van der Waals surface area contributed by atoms with E-state index in [1.165, 1.54) is 6.07 Å². The Morgan fingerprint density at radius 1 is 1.38 bits per heavy atom. The number of nitrogens with zero attached hydrogens (tertiary/aromatic N) is 1. The maximum atomic E-state index is 13.4. The predicted molar refractivity (Wildman–Crippen MR) is 58.8 cm³/mol. The summed E-state index contributed by atoms with van der Waals surface area (Å²) in [6, 6.07) is 4.42. The molecule has 1 fully saturated rings. The molecular formula is C12H16F2N2. The fourth-order valence-corrected chi connectivity index (χ4v) is 2.14. The van der Waals surface area contributed by atoms with Crippen molar-refractivity contribution in [1.82, 2.24) is 4.90 Å². The lowest BCUT2D eigenvalue weighted by Gasteiger charge is -2.15. The molecule has 1 aromatic carbocycles. The van der Waals surface area contributed by atoms with Crippen LogP contribution in [0.3, 0.4) is 0 Å². The summed E-state index contributed by atoms with van der Waals surface area (Å²) in [7, 11) is 0. The van der Waals surface area contributed by atoms with Gasteiger partial charge in [0.25, 0.3) is 0 Å². The van der Waals surface area contributed by atoms with Crippen LogP contribution in [0.15, 0.2) is 18.2 Å². The molecule has 2 N–H and O–H groups in total. The molecule has 1 heterocycles. The molecule has 2 atom stereocenters. The molecule has 0 spiro atoms. The van der Waals surface area contributed by atoms with Crippen molar-refractivity contribution in [2.24, 2.45) is 11.7 Å². The molecule has 0 saturated carbocycles. The van der Waals surface area contributed by atoms with Crippen LogP contribution in [0.4, 0.5) is 8.78 Å². The molecule has 0 aliphatic carbocycles. The Hall–Kier alpha value is -1.00. The van der Waals surface area contributed by atoms with Crippen LogP contribution in [-0.4, -0.2) is 24.0 Å². The quantitative estimate of drug-likeness (QED) is 0.832. The van der Waals surface area contributed by atoms with Gasteiger partial charge in [0.05, 0.1) is 0 Å². The van der Waals surface area contributed by atoms with E-state index in [1.54, 1.807) is 6.07 Å². The summed E-state index contributed by atoms with van der Waals surface area (Å²) >= 11 is 0. The van der Waals surface area contributed by atoms with Gasteiger partial charge in [0, 0.05) is 31.2 Å². The molecule has 1 aliphatic rings. The Balaban J connectivity index is 2.08. The first kappa shape index (κ1) is 11.5. The lowest BCUT2D eigenvalue weighted by Crippen LogP contribution is -2.28. The van der Waals surface area contributed by atoms with Crippen LogP contribution in [0.1, 0.15) is 12.5 Å². The standard InChI is InChI=1S/C12H16F2N2/c1-8-5-16(7-11(8)15)6-9-3-2-4-10(13)12(9)14/h2-4,8,11H,5-7,15H2,1H3. The lowest BCUT2D eigenvalue weighted by molar-refractivity contribution is 0.311. The molecular weight excluding hydrogens is 210 g/mol. The maximum absolute atomic E-state index is 13.4. The number of benzene rings is 1. The molecule has 0 aromatic heterocycles. The van der Waals surface area contributed by atoms with Gasteiger partial charge in [0.2, 0.25) is 0 Å². The van der Waals surface area contributed by atoms with Crippen molar-refractivity contribution >= 4 is 0 Å². The van der Waals surface area contributed by atoms with Crippen LogP contribution in [-0.2, 0) is 6.54 Å². The molecule has 16 heavy (non-hydrogen) atoms. The predicted octanol–water partition coefficient (Wildman–Crippen LogP) is 1.74. The Bertz CT molecular complexity index is 371. The minimum atomic E-state index is -0.783. The number of nitrogens with two attached hydrogens (primary N) is 1. The van der Waals surface area contributed by atoms with E-state index in [0.29, 0.717) is 18.0 Å². The third-order valence-corrected chi connectivity index (χ3v) is 3.17. The van der Waals surface area contributed by atoms with E-state index in [2.05, 4.69) is 11.8 Å². The fraction of sp³-hybridized carbons (Fsp3) is 0.500. The first-order chi connectivity index (χ1) is 7.58. The molecule has 2 unspecified atom stereocenters. The summed E-state index contributed by atoms with van der Waals surface area (Å²) < 4.78 is 26.4. The minimum absolute atomic E-state index is 0.136. The van der Waals surface area contributed by atoms with Crippen molar-refractivity contribution in [2.45, 2.75) is 19.5 Å². The van der Waals surface area contributed by atoms with Gasteiger partial charge in [-0.25, -0.2) is 8.78 Å². The van der Waals surface area contributed by atoms with Crippen LogP contribution in [0.2, 0.25) is 0 Å². The van der Waals surface area contributed by atoms with E-state index >= 15 is 0 Å². The van der Waals surface area contributed by atoms with Gasteiger partial charge in [-0.1, -0.05) is 19.1 Å². The molecule has 2 rings (SSSR count). The third-order valence-electron chi connectivity index (χ3n) is 3.17. The molecule has 1 aromatic rings. The second-order valence-electron chi connectivity index (χ2n) is 4.55. The summed E-state index contributed by atoms with van der Waals surface area (Å²) in [5, 5.41) is 0. The second-order valence-corrected chi connectivity index (χ2v) is 4.55.